The molecule has 25 heavy (non-hydrogen) atoms. The standard InChI is InChI=1S/C20H23NO4/c1-4-24-18-8-6-5-7-17(18)19(22)21-16-11-9-15(10-12-16)20(23)25-13-14(2)3/h5-12,14H,4,13H2,1-3H3,(H,21,22). The molecule has 0 saturated heterocycles. The molecule has 2 aromatic carbocycles. The number of amides is 1. The number of benzene rings is 2. The van der Waals surface area contributed by atoms with Gasteiger partial charge in [-0.3, -0.25) is 4.79 Å². The Morgan fingerprint density at radius 1 is 1.04 bits per heavy atom. The van der Waals surface area contributed by atoms with Crippen molar-refractivity contribution in [3.05, 3.63) is 59.7 Å². The van der Waals surface area contributed by atoms with E-state index in [0.717, 1.165) is 0 Å². The van der Waals surface area contributed by atoms with E-state index < -0.39 is 0 Å². The molecule has 5 nitrogen and oxygen atoms in total. The Morgan fingerprint density at radius 3 is 2.36 bits per heavy atom. The maximum Gasteiger partial charge on any atom is 0.338 e. The van der Waals surface area contributed by atoms with Crippen LogP contribution >= 0.6 is 0 Å². The Morgan fingerprint density at radius 2 is 1.72 bits per heavy atom. The molecule has 132 valence electrons. The largest absolute Gasteiger partial charge is 0.493 e. The van der Waals surface area contributed by atoms with Crippen molar-refractivity contribution in [2.45, 2.75) is 20.8 Å². The highest BCUT2D eigenvalue weighted by atomic mass is 16.5. The highest BCUT2D eigenvalue weighted by Gasteiger charge is 2.13. The minimum atomic E-state index is -0.367. The first kappa shape index (κ1) is 18.5. The van der Waals surface area contributed by atoms with Crippen LogP contribution in [0.4, 0.5) is 5.69 Å². The van der Waals surface area contributed by atoms with Crippen LogP contribution in [0.3, 0.4) is 0 Å². The number of carbonyl (C=O) groups is 2. The summed E-state index contributed by atoms with van der Waals surface area (Å²) in [5, 5.41) is 2.80. The predicted octanol–water partition coefficient (Wildman–Crippen LogP) is 4.15. The smallest absolute Gasteiger partial charge is 0.338 e. The van der Waals surface area contributed by atoms with Crippen molar-refractivity contribution < 1.29 is 19.1 Å². The monoisotopic (exact) mass is 341 g/mol. The van der Waals surface area contributed by atoms with Crippen LogP contribution < -0.4 is 10.1 Å². The normalized spacial score (nSPS) is 10.4. The summed E-state index contributed by atoms with van der Waals surface area (Å²) in [7, 11) is 0. The number of carbonyl (C=O) groups excluding carboxylic acids is 2. The molecule has 0 saturated carbocycles. The Kier molecular flexibility index (Phi) is 6.57. The fourth-order valence-corrected chi connectivity index (χ4v) is 2.15. The van der Waals surface area contributed by atoms with Crippen LogP contribution in [0.15, 0.2) is 48.5 Å². The van der Waals surface area contributed by atoms with Gasteiger partial charge in [-0.05, 0) is 49.2 Å². The molecule has 0 spiro atoms. The third-order valence-electron chi connectivity index (χ3n) is 3.36. The number of hydrogen-bond acceptors (Lipinski definition) is 4. The van der Waals surface area contributed by atoms with Gasteiger partial charge in [-0.15, -0.1) is 0 Å². The fraction of sp³-hybridized carbons (Fsp3) is 0.300. The Balaban J connectivity index is 2.04. The number of esters is 1. The molecule has 1 amide bonds. The van der Waals surface area contributed by atoms with E-state index >= 15 is 0 Å². The van der Waals surface area contributed by atoms with Crippen LogP contribution in [-0.2, 0) is 4.74 Å². The van der Waals surface area contributed by atoms with Gasteiger partial charge in [0.25, 0.3) is 5.91 Å². The number of nitrogens with one attached hydrogen (secondary N) is 1. The van der Waals surface area contributed by atoms with Crippen molar-refractivity contribution in [3.63, 3.8) is 0 Å². The highest BCUT2D eigenvalue weighted by molar-refractivity contribution is 6.06. The van der Waals surface area contributed by atoms with E-state index in [1.807, 2.05) is 26.8 Å². The van der Waals surface area contributed by atoms with Gasteiger partial charge in [-0.2, -0.15) is 0 Å². The van der Waals surface area contributed by atoms with Gasteiger partial charge < -0.3 is 14.8 Å². The van der Waals surface area contributed by atoms with Crippen LogP contribution in [0.5, 0.6) is 5.75 Å². The summed E-state index contributed by atoms with van der Waals surface area (Å²) in [4.78, 5) is 24.3. The molecule has 5 heteroatoms. The molecule has 0 aliphatic heterocycles. The molecule has 1 N–H and O–H groups in total. The zero-order valence-corrected chi connectivity index (χ0v) is 14.7. The zero-order chi connectivity index (χ0) is 18.2. The summed E-state index contributed by atoms with van der Waals surface area (Å²) in [6.45, 7) is 6.69. The zero-order valence-electron chi connectivity index (χ0n) is 14.7. The SMILES string of the molecule is CCOc1ccccc1C(=O)Nc1ccc(C(=O)OCC(C)C)cc1. The van der Waals surface area contributed by atoms with Crippen molar-refractivity contribution in [2.75, 3.05) is 18.5 Å². The molecule has 0 radical (unpaired) electrons. The molecule has 0 heterocycles. The lowest BCUT2D eigenvalue weighted by atomic mass is 10.1. The molecule has 0 aliphatic carbocycles. The maximum absolute atomic E-state index is 12.4. The van der Waals surface area contributed by atoms with E-state index in [-0.39, 0.29) is 17.8 Å². The lowest BCUT2D eigenvalue weighted by Gasteiger charge is -2.11. The Labute approximate surface area is 148 Å². The molecule has 0 fully saturated rings. The first-order valence-electron chi connectivity index (χ1n) is 8.31. The molecule has 0 aliphatic rings. The second-order valence-corrected chi connectivity index (χ2v) is 5.95. The number of para-hydroxylation sites is 1. The maximum atomic E-state index is 12.4. The van der Waals surface area contributed by atoms with Crippen molar-refractivity contribution in [2.24, 2.45) is 5.92 Å². The highest BCUT2D eigenvalue weighted by Crippen LogP contribution is 2.20. The summed E-state index contributed by atoms with van der Waals surface area (Å²) in [5.41, 5.74) is 1.51. The van der Waals surface area contributed by atoms with Gasteiger partial charge in [0, 0.05) is 5.69 Å². The van der Waals surface area contributed by atoms with E-state index in [1.165, 1.54) is 0 Å². The van der Waals surface area contributed by atoms with E-state index in [2.05, 4.69) is 5.32 Å². The second kappa shape index (κ2) is 8.87. The third kappa shape index (κ3) is 5.35. The van der Waals surface area contributed by atoms with Crippen LogP contribution in [0.2, 0.25) is 0 Å². The van der Waals surface area contributed by atoms with Gasteiger partial charge in [-0.1, -0.05) is 26.0 Å². The minimum Gasteiger partial charge on any atom is -0.493 e. The summed E-state index contributed by atoms with van der Waals surface area (Å²) >= 11 is 0. The lowest BCUT2D eigenvalue weighted by molar-refractivity contribution is 0.0459. The first-order chi connectivity index (χ1) is 12.0. The average molecular weight is 341 g/mol. The number of anilines is 1. The number of hydrogen-bond donors (Lipinski definition) is 1. The summed E-state index contributed by atoms with van der Waals surface area (Å²) in [6, 6.07) is 13.7. The number of ether oxygens (including phenoxy) is 2. The second-order valence-electron chi connectivity index (χ2n) is 5.95. The van der Waals surface area contributed by atoms with E-state index in [9.17, 15) is 9.59 Å². The molecular formula is C20H23NO4. The summed E-state index contributed by atoms with van der Waals surface area (Å²) in [6.07, 6.45) is 0. The molecule has 2 rings (SSSR count). The fourth-order valence-electron chi connectivity index (χ4n) is 2.15. The van der Waals surface area contributed by atoms with Gasteiger partial charge >= 0.3 is 5.97 Å². The first-order valence-corrected chi connectivity index (χ1v) is 8.31. The van der Waals surface area contributed by atoms with Gasteiger partial charge in [0.05, 0.1) is 24.3 Å². The number of rotatable bonds is 7. The van der Waals surface area contributed by atoms with Crippen molar-refractivity contribution in [3.8, 4) is 5.75 Å². The van der Waals surface area contributed by atoms with Crippen LogP contribution in [-0.4, -0.2) is 25.1 Å². The summed E-state index contributed by atoms with van der Waals surface area (Å²) < 4.78 is 10.7. The Bertz CT molecular complexity index is 723. The van der Waals surface area contributed by atoms with Crippen molar-refractivity contribution >= 4 is 17.6 Å². The van der Waals surface area contributed by atoms with Crippen LogP contribution in [0.25, 0.3) is 0 Å². The average Bonchev–Trinajstić information content (AvgIpc) is 2.61. The quantitative estimate of drug-likeness (QED) is 0.768. The Hall–Kier alpha value is -2.82. The van der Waals surface area contributed by atoms with Gasteiger partial charge in [0.15, 0.2) is 0 Å². The van der Waals surface area contributed by atoms with E-state index in [4.69, 9.17) is 9.47 Å². The van der Waals surface area contributed by atoms with Crippen molar-refractivity contribution in [1.29, 1.82) is 0 Å². The molecule has 0 atom stereocenters. The van der Waals surface area contributed by atoms with E-state index in [0.29, 0.717) is 35.8 Å². The topological polar surface area (TPSA) is 64.6 Å². The lowest BCUT2D eigenvalue weighted by Crippen LogP contribution is -2.14. The van der Waals surface area contributed by atoms with Crippen LogP contribution in [0.1, 0.15) is 41.5 Å². The van der Waals surface area contributed by atoms with Crippen LogP contribution in [0, 0.1) is 5.92 Å². The third-order valence-corrected chi connectivity index (χ3v) is 3.36. The summed E-state index contributed by atoms with van der Waals surface area (Å²) in [5.74, 6) is 0.191. The van der Waals surface area contributed by atoms with Gasteiger partial charge in [0.1, 0.15) is 5.75 Å². The minimum absolute atomic E-state index is 0.265. The molecular weight excluding hydrogens is 318 g/mol. The van der Waals surface area contributed by atoms with Gasteiger partial charge in [-0.25, -0.2) is 4.79 Å². The van der Waals surface area contributed by atoms with E-state index in [1.54, 1.807) is 42.5 Å². The molecule has 0 unspecified atom stereocenters. The predicted molar refractivity (Wildman–Crippen MR) is 97.1 cm³/mol. The molecule has 0 bridgehead atoms. The molecule has 0 aromatic heterocycles. The molecule has 2 aromatic rings. The van der Waals surface area contributed by atoms with Crippen molar-refractivity contribution in [1.82, 2.24) is 0 Å². The van der Waals surface area contributed by atoms with Gasteiger partial charge in [0.2, 0.25) is 0 Å².